The molecule has 0 saturated heterocycles. The maximum Gasteiger partial charge on any atom is 0.185 e. The molecule has 2 rings (SSSR count). The molecule has 0 amide bonds. The summed E-state index contributed by atoms with van der Waals surface area (Å²) in [7, 11) is 0. The van der Waals surface area contributed by atoms with Gasteiger partial charge in [-0.3, -0.25) is 4.98 Å². The topological polar surface area (TPSA) is 61.6 Å². The molecule has 0 aliphatic heterocycles. The minimum atomic E-state index is 0.262. The van der Waals surface area contributed by atoms with E-state index in [0.717, 1.165) is 12.1 Å². The molecule has 0 saturated carbocycles. The van der Waals surface area contributed by atoms with Crippen LogP contribution in [0.3, 0.4) is 0 Å². The van der Waals surface area contributed by atoms with Crippen LogP contribution in [0.25, 0.3) is 0 Å². The fourth-order valence-electron chi connectivity index (χ4n) is 1.29. The molecule has 2 aromatic heterocycles. The molecule has 0 aliphatic carbocycles. The number of nitrogens with zero attached hydrogens (tertiary/aromatic N) is 3. The third-order valence-corrected chi connectivity index (χ3v) is 3.37. The lowest BCUT2D eigenvalue weighted by atomic mass is 10.3. The normalized spacial score (nSPS) is 9.88. The number of aromatic nitrogens is 2. The van der Waals surface area contributed by atoms with E-state index in [-0.39, 0.29) is 5.15 Å². The predicted molar refractivity (Wildman–Crippen MR) is 68.3 cm³/mol. The molecule has 0 radical (unpaired) electrons. The zero-order valence-corrected chi connectivity index (χ0v) is 10.4. The van der Waals surface area contributed by atoms with Crippen LogP contribution < -0.4 is 5.32 Å². The predicted octanol–water partition coefficient (Wildman–Crippen LogP) is 2.72. The monoisotopic (exact) mass is 264 g/mol. The minimum absolute atomic E-state index is 0.262. The quantitative estimate of drug-likeness (QED) is 0.922. The summed E-state index contributed by atoms with van der Waals surface area (Å²) in [6.07, 6.45) is 2.57. The van der Waals surface area contributed by atoms with Gasteiger partial charge in [0.1, 0.15) is 10.9 Å². The van der Waals surface area contributed by atoms with Crippen LogP contribution in [-0.2, 0) is 6.42 Å². The molecular formula is C11H9ClN4S. The zero-order chi connectivity index (χ0) is 12.1. The molecule has 0 fully saturated rings. The largest absolute Gasteiger partial charge is 0.361 e. The summed E-state index contributed by atoms with van der Waals surface area (Å²) in [6.45, 7) is 0.714. The molecule has 0 aromatic carbocycles. The van der Waals surface area contributed by atoms with Crippen LogP contribution in [0.15, 0.2) is 24.4 Å². The van der Waals surface area contributed by atoms with E-state index in [2.05, 4.69) is 15.3 Å². The maximum absolute atomic E-state index is 8.73. The van der Waals surface area contributed by atoms with Crippen LogP contribution in [-0.4, -0.2) is 16.5 Å². The van der Waals surface area contributed by atoms with Crippen molar-refractivity contribution < 1.29 is 0 Å². The number of rotatable bonds is 4. The fraction of sp³-hybridized carbons (Fsp3) is 0.182. The van der Waals surface area contributed by atoms with Crippen LogP contribution in [0.4, 0.5) is 5.13 Å². The van der Waals surface area contributed by atoms with Crippen LogP contribution in [0.2, 0.25) is 5.15 Å². The highest BCUT2D eigenvalue weighted by atomic mass is 35.5. The standard InChI is InChI=1S/C11H9ClN4S/c12-10-9(7-13)17-11(16-10)15-6-4-8-3-1-2-5-14-8/h1-3,5H,4,6H2,(H,15,16). The molecule has 0 unspecified atom stereocenters. The Bertz CT molecular complexity index is 532. The summed E-state index contributed by atoms with van der Waals surface area (Å²) in [5.74, 6) is 0. The Hall–Kier alpha value is -1.64. The Kier molecular flexibility index (Phi) is 3.91. The lowest BCUT2D eigenvalue weighted by molar-refractivity contribution is 0.959. The minimum Gasteiger partial charge on any atom is -0.361 e. The first kappa shape index (κ1) is 11.8. The molecule has 4 nitrogen and oxygen atoms in total. The van der Waals surface area contributed by atoms with Crippen molar-refractivity contribution in [3.05, 3.63) is 40.1 Å². The van der Waals surface area contributed by atoms with Gasteiger partial charge in [-0.15, -0.1) is 0 Å². The zero-order valence-electron chi connectivity index (χ0n) is 8.85. The molecule has 17 heavy (non-hydrogen) atoms. The van der Waals surface area contributed by atoms with Crippen LogP contribution in [0.1, 0.15) is 10.6 Å². The number of hydrogen-bond acceptors (Lipinski definition) is 5. The number of halogens is 1. The highest BCUT2D eigenvalue weighted by Crippen LogP contribution is 2.25. The number of pyridine rings is 1. The van der Waals surface area contributed by atoms with Gasteiger partial charge in [0, 0.05) is 24.9 Å². The molecule has 6 heteroatoms. The van der Waals surface area contributed by atoms with Crippen LogP contribution in [0.5, 0.6) is 0 Å². The molecule has 2 heterocycles. The molecule has 0 bridgehead atoms. The first-order valence-corrected chi connectivity index (χ1v) is 6.19. The van der Waals surface area contributed by atoms with Gasteiger partial charge >= 0.3 is 0 Å². The third kappa shape index (κ3) is 3.16. The number of hydrogen-bond donors (Lipinski definition) is 1. The van der Waals surface area contributed by atoms with Crippen molar-refractivity contribution in [3.8, 4) is 6.07 Å². The van der Waals surface area contributed by atoms with E-state index < -0.39 is 0 Å². The average Bonchev–Trinajstić information content (AvgIpc) is 2.71. The number of thiazole rings is 1. The second-order valence-corrected chi connectivity index (χ2v) is 4.61. The van der Waals surface area contributed by atoms with Gasteiger partial charge < -0.3 is 5.32 Å². The molecule has 0 spiro atoms. The summed E-state index contributed by atoms with van der Waals surface area (Å²) in [6, 6.07) is 7.81. The van der Waals surface area contributed by atoms with Crippen molar-refractivity contribution in [3.63, 3.8) is 0 Å². The summed E-state index contributed by atoms with van der Waals surface area (Å²) in [5, 5.41) is 12.8. The smallest absolute Gasteiger partial charge is 0.185 e. The lowest BCUT2D eigenvalue weighted by Crippen LogP contribution is -2.05. The average molecular weight is 265 g/mol. The van der Waals surface area contributed by atoms with Crippen molar-refractivity contribution in [1.29, 1.82) is 5.26 Å². The molecule has 0 atom stereocenters. The van der Waals surface area contributed by atoms with Gasteiger partial charge in [0.15, 0.2) is 10.3 Å². The van der Waals surface area contributed by atoms with Crippen molar-refractivity contribution in [2.75, 3.05) is 11.9 Å². The Balaban J connectivity index is 1.88. The molecular weight excluding hydrogens is 256 g/mol. The van der Waals surface area contributed by atoms with E-state index in [0.29, 0.717) is 16.6 Å². The first-order valence-electron chi connectivity index (χ1n) is 5.00. The van der Waals surface area contributed by atoms with Gasteiger partial charge in [0.05, 0.1) is 0 Å². The van der Waals surface area contributed by atoms with Gasteiger partial charge in [-0.05, 0) is 12.1 Å². The summed E-state index contributed by atoms with van der Waals surface area (Å²) in [5.41, 5.74) is 1.02. The SMILES string of the molecule is N#Cc1sc(NCCc2ccccn2)nc1Cl. The van der Waals surface area contributed by atoms with Gasteiger partial charge in [0.25, 0.3) is 0 Å². The Morgan fingerprint density at radius 1 is 1.47 bits per heavy atom. The Labute approximate surface area is 108 Å². The molecule has 2 aromatic rings. The second kappa shape index (κ2) is 5.62. The Morgan fingerprint density at radius 2 is 2.35 bits per heavy atom. The van der Waals surface area contributed by atoms with Crippen molar-refractivity contribution in [2.24, 2.45) is 0 Å². The van der Waals surface area contributed by atoms with Crippen LogP contribution in [0, 0.1) is 11.3 Å². The molecule has 86 valence electrons. The van der Waals surface area contributed by atoms with E-state index in [9.17, 15) is 0 Å². The van der Waals surface area contributed by atoms with Gasteiger partial charge in [-0.25, -0.2) is 4.98 Å². The first-order chi connectivity index (χ1) is 8.29. The van der Waals surface area contributed by atoms with E-state index >= 15 is 0 Å². The van der Waals surface area contributed by atoms with Crippen LogP contribution >= 0.6 is 22.9 Å². The lowest BCUT2D eigenvalue weighted by Gasteiger charge is -2.01. The van der Waals surface area contributed by atoms with Gasteiger partial charge in [-0.2, -0.15) is 5.26 Å². The van der Waals surface area contributed by atoms with Crippen molar-refractivity contribution >= 4 is 28.1 Å². The van der Waals surface area contributed by atoms with E-state index in [1.807, 2.05) is 24.3 Å². The fourth-order valence-corrected chi connectivity index (χ4v) is 2.26. The second-order valence-electron chi connectivity index (χ2n) is 3.25. The Morgan fingerprint density at radius 3 is 3.00 bits per heavy atom. The number of anilines is 1. The summed E-state index contributed by atoms with van der Waals surface area (Å²) in [4.78, 5) is 8.69. The third-order valence-electron chi connectivity index (χ3n) is 2.07. The summed E-state index contributed by atoms with van der Waals surface area (Å²) >= 11 is 7.02. The van der Waals surface area contributed by atoms with Gasteiger partial charge in [-0.1, -0.05) is 29.0 Å². The van der Waals surface area contributed by atoms with Gasteiger partial charge in [0.2, 0.25) is 0 Å². The van der Waals surface area contributed by atoms with Crippen molar-refractivity contribution in [1.82, 2.24) is 9.97 Å². The maximum atomic E-state index is 8.73. The van der Waals surface area contributed by atoms with E-state index in [1.165, 1.54) is 11.3 Å². The summed E-state index contributed by atoms with van der Waals surface area (Å²) < 4.78 is 0. The van der Waals surface area contributed by atoms with E-state index in [1.54, 1.807) is 6.20 Å². The molecule has 0 aliphatic rings. The molecule has 1 N–H and O–H groups in total. The van der Waals surface area contributed by atoms with Crippen molar-refractivity contribution in [2.45, 2.75) is 6.42 Å². The highest BCUT2D eigenvalue weighted by Gasteiger charge is 2.07. The highest BCUT2D eigenvalue weighted by molar-refractivity contribution is 7.16. The number of nitrogens with one attached hydrogen (secondary N) is 1. The number of nitriles is 1. The van der Waals surface area contributed by atoms with E-state index in [4.69, 9.17) is 16.9 Å².